The number of ether oxygens (including phenoxy) is 2. The maximum atomic E-state index is 11.6. The quantitative estimate of drug-likeness (QED) is 0.575. The van der Waals surface area contributed by atoms with E-state index in [1.165, 1.54) is 24.3 Å². The molecule has 1 spiro atoms. The van der Waals surface area contributed by atoms with E-state index in [-0.39, 0.29) is 16.0 Å². The SMILES string of the molecule is COc1cc(CN2CCC3(C=Cc4ccccc43)CC2)c([N+](=O)[O-])cc1OC. The van der Waals surface area contributed by atoms with Gasteiger partial charge in [0, 0.05) is 17.5 Å². The highest BCUT2D eigenvalue weighted by Gasteiger charge is 2.38. The average Bonchev–Trinajstić information content (AvgIpc) is 3.07. The van der Waals surface area contributed by atoms with Crippen molar-refractivity contribution in [3.63, 3.8) is 0 Å². The van der Waals surface area contributed by atoms with Crippen molar-refractivity contribution >= 4 is 11.8 Å². The lowest BCUT2D eigenvalue weighted by molar-refractivity contribution is -0.385. The number of nitrogens with zero attached hydrogens (tertiary/aromatic N) is 2. The van der Waals surface area contributed by atoms with Crippen molar-refractivity contribution in [3.05, 3.63) is 69.3 Å². The summed E-state index contributed by atoms with van der Waals surface area (Å²) in [4.78, 5) is 13.5. The number of likely N-dealkylation sites (tertiary alicyclic amines) is 1. The van der Waals surface area contributed by atoms with Crippen LogP contribution >= 0.6 is 0 Å². The average molecular weight is 380 g/mol. The van der Waals surface area contributed by atoms with Crippen LogP contribution in [-0.2, 0) is 12.0 Å². The first-order valence-electron chi connectivity index (χ1n) is 9.47. The minimum Gasteiger partial charge on any atom is -0.493 e. The number of nitro groups is 1. The van der Waals surface area contributed by atoms with E-state index in [2.05, 4.69) is 41.3 Å². The molecule has 146 valence electrons. The Kier molecular flexibility index (Phi) is 4.81. The highest BCUT2D eigenvalue weighted by atomic mass is 16.6. The predicted molar refractivity (Wildman–Crippen MR) is 108 cm³/mol. The van der Waals surface area contributed by atoms with Crippen LogP contribution in [0.2, 0.25) is 0 Å². The summed E-state index contributed by atoms with van der Waals surface area (Å²) in [5.74, 6) is 0.896. The maximum absolute atomic E-state index is 11.6. The van der Waals surface area contributed by atoms with Crippen LogP contribution in [0.3, 0.4) is 0 Å². The highest BCUT2D eigenvalue weighted by molar-refractivity contribution is 5.65. The van der Waals surface area contributed by atoms with E-state index in [4.69, 9.17) is 9.47 Å². The van der Waals surface area contributed by atoms with Crippen molar-refractivity contribution in [2.45, 2.75) is 24.8 Å². The lowest BCUT2D eigenvalue weighted by Gasteiger charge is -2.39. The van der Waals surface area contributed by atoms with Gasteiger partial charge in [-0.25, -0.2) is 0 Å². The number of benzene rings is 2. The van der Waals surface area contributed by atoms with Crippen LogP contribution in [0.15, 0.2) is 42.5 Å². The molecule has 0 amide bonds. The molecule has 1 aliphatic carbocycles. The Morgan fingerprint density at radius 2 is 1.79 bits per heavy atom. The number of rotatable bonds is 5. The first-order valence-corrected chi connectivity index (χ1v) is 9.47. The second-order valence-electron chi connectivity index (χ2n) is 7.45. The molecule has 6 heteroatoms. The molecule has 0 atom stereocenters. The maximum Gasteiger partial charge on any atom is 0.277 e. The van der Waals surface area contributed by atoms with Crippen LogP contribution in [-0.4, -0.2) is 37.1 Å². The van der Waals surface area contributed by atoms with Crippen molar-refractivity contribution in [2.24, 2.45) is 0 Å². The summed E-state index contributed by atoms with van der Waals surface area (Å²) in [5.41, 5.74) is 3.56. The molecule has 0 saturated carbocycles. The molecule has 2 aliphatic rings. The van der Waals surface area contributed by atoms with Gasteiger partial charge in [-0.15, -0.1) is 0 Å². The molecule has 6 nitrogen and oxygen atoms in total. The van der Waals surface area contributed by atoms with Crippen molar-refractivity contribution < 1.29 is 14.4 Å². The fraction of sp³-hybridized carbons (Fsp3) is 0.364. The van der Waals surface area contributed by atoms with Crippen molar-refractivity contribution in [2.75, 3.05) is 27.3 Å². The first-order chi connectivity index (χ1) is 13.6. The van der Waals surface area contributed by atoms with E-state index in [1.54, 1.807) is 13.2 Å². The Balaban J connectivity index is 1.53. The Hall–Kier alpha value is -2.86. The van der Waals surface area contributed by atoms with E-state index in [1.807, 2.05) is 0 Å². The van der Waals surface area contributed by atoms with Gasteiger partial charge in [-0.1, -0.05) is 36.4 Å². The van der Waals surface area contributed by atoms with Gasteiger partial charge in [0.1, 0.15) is 0 Å². The predicted octanol–water partition coefficient (Wildman–Crippen LogP) is 4.17. The van der Waals surface area contributed by atoms with Crippen LogP contribution in [0, 0.1) is 10.1 Å². The van der Waals surface area contributed by atoms with Gasteiger partial charge in [0.15, 0.2) is 11.5 Å². The minimum absolute atomic E-state index is 0.0732. The van der Waals surface area contributed by atoms with Gasteiger partial charge in [-0.3, -0.25) is 15.0 Å². The van der Waals surface area contributed by atoms with E-state index in [0.717, 1.165) is 25.9 Å². The first kappa shape index (κ1) is 18.5. The van der Waals surface area contributed by atoms with Gasteiger partial charge in [0.25, 0.3) is 5.69 Å². The number of allylic oxidation sites excluding steroid dienone is 1. The molecule has 0 N–H and O–H groups in total. The van der Waals surface area contributed by atoms with E-state index < -0.39 is 0 Å². The number of hydrogen-bond donors (Lipinski definition) is 0. The summed E-state index contributed by atoms with van der Waals surface area (Å²) in [7, 11) is 3.03. The van der Waals surface area contributed by atoms with Gasteiger partial charge in [-0.05, 0) is 43.1 Å². The summed E-state index contributed by atoms with van der Waals surface area (Å²) in [5, 5.41) is 11.6. The minimum atomic E-state index is -0.349. The molecule has 0 radical (unpaired) electrons. The Morgan fingerprint density at radius 3 is 2.46 bits per heavy atom. The third-order valence-corrected chi connectivity index (χ3v) is 6.00. The monoisotopic (exact) mass is 380 g/mol. The molecule has 2 aromatic carbocycles. The summed E-state index contributed by atoms with van der Waals surface area (Å²) in [6, 6.07) is 11.8. The fourth-order valence-electron chi connectivity index (χ4n) is 4.43. The van der Waals surface area contributed by atoms with Crippen LogP contribution in [0.4, 0.5) is 5.69 Å². The third kappa shape index (κ3) is 3.14. The molecule has 1 saturated heterocycles. The van der Waals surface area contributed by atoms with Crippen LogP contribution in [0.1, 0.15) is 29.5 Å². The topological polar surface area (TPSA) is 64.8 Å². The van der Waals surface area contributed by atoms with Gasteiger partial charge >= 0.3 is 0 Å². The summed E-state index contributed by atoms with van der Waals surface area (Å²) >= 11 is 0. The van der Waals surface area contributed by atoms with E-state index >= 15 is 0 Å². The Labute approximate surface area is 164 Å². The zero-order valence-electron chi connectivity index (χ0n) is 16.2. The number of hydrogen-bond acceptors (Lipinski definition) is 5. The zero-order chi connectivity index (χ0) is 19.7. The van der Waals surface area contributed by atoms with Crippen LogP contribution in [0.5, 0.6) is 11.5 Å². The van der Waals surface area contributed by atoms with E-state index in [9.17, 15) is 10.1 Å². The molecular weight excluding hydrogens is 356 g/mol. The van der Waals surface area contributed by atoms with Gasteiger partial charge < -0.3 is 9.47 Å². The second kappa shape index (κ2) is 7.28. The number of methoxy groups -OCH3 is 2. The molecule has 2 aromatic rings. The van der Waals surface area contributed by atoms with E-state index in [0.29, 0.717) is 23.6 Å². The van der Waals surface area contributed by atoms with Gasteiger partial charge in [-0.2, -0.15) is 0 Å². The normalized spacial score (nSPS) is 17.5. The molecule has 1 heterocycles. The summed E-state index contributed by atoms with van der Waals surface area (Å²) in [6.45, 7) is 2.31. The smallest absolute Gasteiger partial charge is 0.277 e. The van der Waals surface area contributed by atoms with Crippen molar-refractivity contribution in [3.8, 4) is 11.5 Å². The molecule has 0 bridgehead atoms. The van der Waals surface area contributed by atoms with Crippen molar-refractivity contribution in [1.29, 1.82) is 0 Å². The third-order valence-electron chi connectivity index (χ3n) is 6.00. The highest BCUT2D eigenvalue weighted by Crippen LogP contribution is 2.44. The fourth-order valence-corrected chi connectivity index (χ4v) is 4.43. The molecule has 1 fully saturated rings. The number of fused-ring (bicyclic) bond motifs is 2. The van der Waals surface area contributed by atoms with Gasteiger partial charge in [0.05, 0.1) is 25.2 Å². The molecular formula is C22H24N2O4. The summed E-state index contributed by atoms with van der Waals surface area (Å²) < 4.78 is 10.6. The molecule has 4 rings (SSSR count). The molecule has 1 aliphatic heterocycles. The standard InChI is InChI=1S/C22H24N2O4/c1-27-20-13-17(19(24(25)26)14-21(20)28-2)15-23-11-9-22(10-12-23)8-7-16-5-3-4-6-18(16)22/h3-8,13-14H,9-12,15H2,1-2H3. The molecule has 0 unspecified atom stereocenters. The zero-order valence-corrected chi connectivity index (χ0v) is 16.2. The summed E-state index contributed by atoms with van der Waals surface area (Å²) in [6.07, 6.45) is 6.60. The Bertz CT molecular complexity index is 930. The molecule has 28 heavy (non-hydrogen) atoms. The van der Waals surface area contributed by atoms with Gasteiger partial charge in [0.2, 0.25) is 0 Å². The largest absolute Gasteiger partial charge is 0.493 e. The number of piperidine rings is 1. The van der Waals surface area contributed by atoms with Crippen molar-refractivity contribution in [1.82, 2.24) is 4.90 Å². The van der Waals surface area contributed by atoms with Crippen LogP contribution < -0.4 is 9.47 Å². The Morgan fingerprint density at radius 1 is 1.11 bits per heavy atom. The second-order valence-corrected chi connectivity index (χ2v) is 7.45. The molecule has 0 aromatic heterocycles. The lowest BCUT2D eigenvalue weighted by atomic mass is 9.74. The lowest BCUT2D eigenvalue weighted by Crippen LogP contribution is -2.40. The van der Waals surface area contributed by atoms with Crippen LogP contribution in [0.25, 0.3) is 6.08 Å². The number of nitro benzene ring substituents is 1.